The van der Waals surface area contributed by atoms with E-state index in [1.807, 2.05) is 0 Å². The number of halogens is 2. The SMILES string of the molecule is NC1CCCC1NC(=O)c1cc(Br)ccc1Cl. The topological polar surface area (TPSA) is 55.1 Å². The predicted octanol–water partition coefficient (Wildman–Crippen LogP) is 2.71. The van der Waals surface area contributed by atoms with Gasteiger partial charge >= 0.3 is 0 Å². The second kappa shape index (κ2) is 5.38. The molecule has 3 N–H and O–H groups in total. The molecule has 1 aliphatic carbocycles. The van der Waals surface area contributed by atoms with E-state index in [4.69, 9.17) is 17.3 Å². The molecule has 0 bridgehead atoms. The molecule has 1 fully saturated rings. The summed E-state index contributed by atoms with van der Waals surface area (Å²) in [5.41, 5.74) is 6.40. The highest BCUT2D eigenvalue weighted by atomic mass is 79.9. The molecule has 5 heteroatoms. The Morgan fingerprint density at radius 1 is 1.47 bits per heavy atom. The Kier molecular flexibility index (Phi) is 4.07. The first-order valence-electron chi connectivity index (χ1n) is 5.59. The summed E-state index contributed by atoms with van der Waals surface area (Å²) in [5.74, 6) is -0.154. The van der Waals surface area contributed by atoms with Gasteiger partial charge in [-0.05, 0) is 37.5 Å². The number of hydrogen-bond acceptors (Lipinski definition) is 2. The van der Waals surface area contributed by atoms with E-state index in [0.717, 1.165) is 23.7 Å². The average Bonchev–Trinajstić information content (AvgIpc) is 2.68. The summed E-state index contributed by atoms with van der Waals surface area (Å²) < 4.78 is 0.836. The third kappa shape index (κ3) is 3.00. The van der Waals surface area contributed by atoms with Crippen LogP contribution >= 0.6 is 27.5 Å². The number of nitrogens with two attached hydrogens (primary N) is 1. The second-order valence-electron chi connectivity index (χ2n) is 4.30. The number of benzene rings is 1. The number of amides is 1. The van der Waals surface area contributed by atoms with Crippen LogP contribution in [0, 0.1) is 0 Å². The molecule has 1 amide bonds. The van der Waals surface area contributed by atoms with Crippen molar-refractivity contribution in [3.63, 3.8) is 0 Å². The summed E-state index contributed by atoms with van der Waals surface area (Å²) in [7, 11) is 0. The van der Waals surface area contributed by atoms with Crippen molar-refractivity contribution in [3.05, 3.63) is 33.3 Å². The van der Waals surface area contributed by atoms with Crippen LogP contribution < -0.4 is 11.1 Å². The molecular formula is C12H14BrClN2O. The molecule has 1 aromatic carbocycles. The van der Waals surface area contributed by atoms with Crippen molar-refractivity contribution in [2.45, 2.75) is 31.3 Å². The highest BCUT2D eigenvalue weighted by molar-refractivity contribution is 9.10. The van der Waals surface area contributed by atoms with Crippen molar-refractivity contribution in [1.82, 2.24) is 5.32 Å². The van der Waals surface area contributed by atoms with Gasteiger partial charge in [0.05, 0.1) is 10.6 Å². The van der Waals surface area contributed by atoms with Crippen molar-refractivity contribution >= 4 is 33.4 Å². The van der Waals surface area contributed by atoms with E-state index in [9.17, 15) is 4.79 Å². The zero-order chi connectivity index (χ0) is 12.4. The van der Waals surface area contributed by atoms with Crippen LogP contribution in [0.1, 0.15) is 29.6 Å². The Labute approximate surface area is 114 Å². The van der Waals surface area contributed by atoms with Gasteiger partial charge in [-0.15, -0.1) is 0 Å². The first-order valence-corrected chi connectivity index (χ1v) is 6.76. The van der Waals surface area contributed by atoms with Gasteiger partial charge in [0.1, 0.15) is 0 Å². The lowest BCUT2D eigenvalue weighted by molar-refractivity contribution is 0.0934. The van der Waals surface area contributed by atoms with Crippen molar-refractivity contribution in [2.24, 2.45) is 5.73 Å². The molecule has 92 valence electrons. The van der Waals surface area contributed by atoms with Crippen LogP contribution in [0.15, 0.2) is 22.7 Å². The van der Waals surface area contributed by atoms with E-state index in [-0.39, 0.29) is 18.0 Å². The van der Waals surface area contributed by atoms with E-state index in [2.05, 4.69) is 21.2 Å². The van der Waals surface area contributed by atoms with Crippen LogP contribution in [0.4, 0.5) is 0 Å². The van der Waals surface area contributed by atoms with Gasteiger partial charge in [0, 0.05) is 16.6 Å². The maximum atomic E-state index is 12.0. The monoisotopic (exact) mass is 316 g/mol. The van der Waals surface area contributed by atoms with Crippen LogP contribution in [-0.2, 0) is 0 Å². The lowest BCUT2D eigenvalue weighted by Crippen LogP contribution is -2.44. The molecule has 0 saturated heterocycles. The van der Waals surface area contributed by atoms with Crippen molar-refractivity contribution in [2.75, 3.05) is 0 Å². The summed E-state index contributed by atoms with van der Waals surface area (Å²) in [5, 5.41) is 3.40. The minimum Gasteiger partial charge on any atom is -0.348 e. The zero-order valence-electron chi connectivity index (χ0n) is 9.25. The lowest BCUT2D eigenvalue weighted by atomic mass is 10.1. The fourth-order valence-electron chi connectivity index (χ4n) is 2.09. The minimum absolute atomic E-state index is 0.0601. The summed E-state index contributed by atoms with van der Waals surface area (Å²) in [4.78, 5) is 12.0. The molecule has 0 heterocycles. The first-order chi connectivity index (χ1) is 8.08. The molecule has 3 nitrogen and oxygen atoms in total. The molecule has 17 heavy (non-hydrogen) atoms. The number of carbonyl (C=O) groups is 1. The predicted molar refractivity (Wildman–Crippen MR) is 72.2 cm³/mol. The molecule has 1 aliphatic rings. The zero-order valence-corrected chi connectivity index (χ0v) is 11.6. The van der Waals surface area contributed by atoms with Crippen LogP contribution in [0.25, 0.3) is 0 Å². The molecule has 0 aromatic heterocycles. The summed E-state index contributed by atoms with van der Waals surface area (Å²) in [6, 6.07) is 5.36. The molecule has 0 spiro atoms. The van der Waals surface area contributed by atoms with Crippen LogP contribution in [0.2, 0.25) is 5.02 Å². The van der Waals surface area contributed by atoms with Gasteiger partial charge in [-0.3, -0.25) is 4.79 Å². The molecule has 2 unspecified atom stereocenters. The number of hydrogen-bond donors (Lipinski definition) is 2. The first kappa shape index (κ1) is 12.9. The fraction of sp³-hybridized carbons (Fsp3) is 0.417. The average molecular weight is 318 g/mol. The summed E-state index contributed by atoms with van der Waals surface area (Å²) >= 11 is 9.33. The molecule has 2 rings (SSSR count). The molecule has 2 atom stereocenters. The Hall–Kier alpha value is -0.580. The van der Waals surface area contributed by atoms with Crippen molar-refractivity contribution in [1.29, 1.82) is 0 Å². The third-order valence-corrected chi connectivity index (χ3v) is 3.88. The van der Waals surface area contributed by atoms with Gasteiger partial charge in [0.25, 0.3) is 5.91 Å². The number of nitrogens with one attached hydrogen (secondary N) is 1. The maximum Gasteiger partial charge on any atom is 0.253 e. The summed E-state index contributed by atoms with van der Waals surface area (Å²) in [6.45, 7) is 0. The largest absolute Gasteiger partial charge is 0.348 e. The van der Waals surface area contributed by atoms with Gasteiger partial charge in [0.2, 0.25) is 0 Å². The van der Waals surface area contributed by atoms with Crippen molar-refractivity contribution in [3.8, 4) is 0 Å². The van der Waals surface area contributed by atoms with E-state index in [1.165, 1.54) is 0 Å². The summed E-state index contributed by atoms with van der Waals surface area (Å²) in [6.07, 6.45) is 2.98. The lowest BCUT2D eigenvalue weighted by Gasteiger charge is -2.17. The van der Waals surface area contributed by atoms with E-state index >= 15 is 0 Å². The van der Waals surface area contributed by atoms with Gasteiger partial charge in [-0.2, -0.15) is 0 Å². The standard InChI is InChI=1S/C12H14BrClN2O/c13-7-4-5-9(14)8(6-7)12(17)16-11-3-1-2-10(11)15/h4-6,10-11H,1-3,15H2,(H,16,17). The third-order valence-electron chi connectivity index (χ3n) is 3.06. The highest BCUT2D eigenvalue weighted by Gasteiger charge is 2.26. The Morgan fingerprint density at radius 3 is 2.88 bits per heavy atom. The smallest absolute Gasteiger partial charge is 0.253 e. The van der Waals surface area contributed by atoms with Crippen LogP contribution in [0.3, 0.4) is 0 Å². The Morgan fingerprint density at radius 2 is 2.24 bits per heavy atom. The molecule has 0 radical (unpaired) electrons. The molecular weight excluding hydrogens is 304 g/mol. The fourth-order valence-corrected chi connectivity index (χ4v) is 2.65. The van der Waals surface area contributed by atoms with E-state index in [0.29, 0.717) is 10.6 Å². The quantitative estimate of drug-likeness (QED) is 0.881. The Bertz CT molecular complexity index is 439. The maximum absolute atomic E-state index is 12.0. The van der Waals surface area contributed by atoms with Gasteiger partial charge < -0.3 is 11.1 Å². The van der Waals surface area contributed by atoms with Gasteiger partial charge in [-0.1, -0.05) is 27.5 Å². The van der Waals surface area contributed by atoms with Gasteiger partial charge in [-0.25, -0.2) is 0 Å². The van der Waals surface area contributed by atoms with Gasteiger partial charge in [0.15, 0.2) is 0 Å². The second-order valence-corrected chi connectivity index (χ2v) is 5.62. The highest BCUT2D eigenvalue weighted by Crippen LogP contribution is 2.22. The van der Waals surface area contributed by atoms with E-state index in [1.54, 1.807) is 18.2 Å². The van der Waals surface area contributed by atoms with E-state index < -0.39 is 0 Å². The molecule has 1 saturated carbocycles. The number of carbonyl (C=O) groups excluding carboxylic acids is 1. The Balaban J connectivity index is 2.11. The van der Waals surface area contributed by atoms with Crippen LogP contribution in [-0.4, -0.2) is 18.0 Å². The number of rotatable bonds is 2. The normalized spacial score (nSPS) is 23.7. The van der Waals surface area contributed by atoms with Crippen LogP contribution in [0.5, 0.6) is 0 Å². The molecule has 0 aliphatic heterocycles. The van der Waals surface area contributed by atoms with Crippen molar-refractivity contribution < 1.29 is 4.79 Å². The molecule has 1 aromatic rings. The minimum atomic E-state index is -0.154.